The molecule has 1 N–H and O–H groups in total. The number of ether oxygens (including phenoxy) is 1. The highest BCUT2D eigenvalue weighted by Gasteiger charge is 2.98. The second-order valence-corrected chi connectivity index (χ2v) is 7.84. The summed E-state index contributed by atoms with van der Waals surface area (Å²) in [6.45, 7) is 1.95. The second kappa shape index (κ2) is 2.72. The van der Waals surface area contributed by atoms with Gasteiger partial charge in [0.1, 0.15) is 11.2 Å². The third-order valence-electron chi connectivity index (χ3n) is 7.54. The SMILES string of the molecule is CC1OC23C(C(=O)c4ccccc4C12O)C1(CC1)C31CC1. The van der Waals surface area contributed by atoms with Gasteiger partial charge in [-0.2, -0.15) is 0 Å². The molecule has 4 unspecified atom stereocenters. The summed E-state index contributed by atoms with van der Waals surface area (Å²) in [6, 6.07) is 7.65. The number of ketones is 1. The van der Waals surface area contributed by atoms with Gasteiger partial charge in [0.2, 0.25) is 0 Å². The van der Waals surface area contributed by atoms with E-state index in [2.05, 4.69) is 0 Å². The number of benzene rings is 1. The molecular weight excluding hydrogens is 264 g/mol. The van der Waals surface area contributed by atoms with E-state index in [-0.39, 0.29) is 28.6 Å². The van der Waals surface area contributed by atoms with Gasteiger partial charge in [-0.05, 0) is 43.6 Å². The fraction of sp³-hybridized carbons (Fsp3) is 0.611. The quantitative estimate of drug-likeness (QED) is 0.795. The minimum atomic E-state index is -0.966. The molecule has 3 saturated carbocycles. The molecule has 0 bridgehead atoms. The second-order valence-electron chi connectivity index (χ2n) is 7.84. The van der Waals surface area contributed by atoms with Crippen LogP contribution in [-0.4, -0.2) is 22.6 Å². The number of Topliss-reactive ketones (excluding diaryl/α,β-unsaturated/α-hetero) is 1. The Morgan fingerprint density at radius 1 is 1.19 bits per heavy atom. The summed E-state index contributed by atoms with van der Waals surface area (Å²) in [5.41, 5.74) is 0.221. The number of hydrogen-bond donors (Lipinski definition) is 1. The third-order valence-corrected chi connectivity index (χ3v) is 7.54. The molecule has 1 aliphatic heterocycles. The number of carbonyl (C=O) groups is 1. The molecule has 4 atom stereocenters. The molecule has 1 heterocycles. The lowest BCUT2D eigenvalue weighted by Crippen LogP contribution is -2.89. The summed E-state index contributed by atoms with van der Waals surface area (Å²) < 4.78 is 6.24. The Morgan fingerprint density at radius 2 is 1.90 bits per heavy atom. The van der Waals surface area contributed by atoms with E-state index in [1.165, 1.54) is 0 Å². The van der Waals surface area contributed by atoms with Crippen molar-refractivity contribution in [2.24, 2.45) is 16.7 Å². The maximum absolute atomic E-state index is 13.1. The molecule has 6 rings (SSSR count). The van der Waals surface area contributed by atoms with E-state index >= 15 is 0 Å². The van der Waals surface area contributed by atoms with Crippen molar-refractivity contribution in [3.05, 3.63) is 35.4 Å². The molecule has 21 heavy (non-hydrogen) atoms. The Kier molecular flexibility index (Phi) is 1.48. The summed E-state index contributed by atoms with van der Waals surface area (Å²) in [6.07, 6.45) is 4.30. The van der Waals surface area contributed by atoms with E-state index in [9.17, 15) is 9.90 Å². The van der Waals surface area contributed by atoms with E-state index < -0.39 is 11.2 Å². The zero-order valence-electron chi connectivity index (χ0n) is 12.1. The monoisotopic (exact) mass is 282 g/mol. The van der Waals surface area contributed by atoms with Crippen LogP contribution in [0, 0.1) is 16.7 Å². The zero-order chi connectivity index (χ0) is 14.3. The predicted octanol–water partition coefficient (Wildman–Crippen LogP) is 2.42. The standard InChI is InChI=1S/C18H18O3/c1-10-17(20)12-5-3-2-4-11(12)13(19)14-15(6-7-15)16(8-9-16)18(14,17)21-10/h2-5,10,14,20H,6-9H2,1H3. The lowest BCUT2D eigenvalue weighted by Gasteiger charge is -2.77. The number of hydrogen-bond acceptors (Lipinski definition) is 3. The van der Waals surface area contributed by atoms with Crippen LogP contribution in [0.2, 0.25) is 0 Å². The van der Waals surface area contributed by atoms with Crippen LogP contribution in [-0.2, 0) is 10.3 Å². The molecule has 0 amide bonds. The molecule has 5 aliphatic rings. The van der Waals surface area contributed by atoms with Gasteiger partial charge in [-0.25, -0.2) is 0 Å². The zero-order valence-corrected chi connectivity index (χ0v) is 12.1. The topological polar surface area (TPSA) is 46.5 Å². The van der Waals surface area contributed by atoms with Crippen LogP contribution >= 0.6 is 0 Å². The Bertz CT molecular complexity index is 730. The van der Waals surface area contributed by atoms with Crippen molar-refractivity contribution in [1.29, 1.82) is 0 Å². The first kappa shape index (κ1) is 11.4. The summed E-state index contributed by atoms with van der Waals surface area (Å²) >= 11 is 0. The highest BCUT2D eigenvalue weighted by molar-refractivity contribution is 6.05. The molecule has 3 heteroatoms. The minimum Gasteiger partial charge on any atom is -0.379 e. The smallest absolute Gasteiger partial charge is 0.169 e. The van der Waals surface area contributed by atoms with E-state index in [1.54, 1.807) is 0 Å². The van der Waals surface area contributed by atoms with Gasteiger partial charge in [-0.15, -0.1) is 0 Å². The van der Waals surface area contributed by atoms with Crippen LogP contribution in [0.1, 0.15) is 48.5 Å². The fourth-order valence-electron chi connectivity index (χ4n) is 6.63. The van der Waals surface area contributed by atoms with Gasteiger partial charge in [0, 0.05) is 11.0 Å². The molecular formula is C18H18O3. The maximum Gasteiger partial charge on any atom is 0.169 e. The Balaban J connectivity index is 1.69. The van der Waals surface area contributed by atoms with Crippen LogP contribution in [0.3, 0.4) is 0 Å². The highest BCUT2D eigenvalue weighted by atomic mass is 16.6. The van der Waals surface area contributed by atoms with Gasteiger partial charge in [0.25, 0.3) is 0 Å². The summed E-state index contributed by atoms with van der Waals surface area (Å²) in [5, 5.41) is 11.6. The normalized spacial score (nSPS) is 48.8. The highest BCUT2D eigenvalue weighted by Crippen LogP contribution is 2.94. The first-order valence-corrected chi connectivity index (χ1v) is 8.09. The lowest BCUT2D eigenvalue weighted by molar-refractivity contribution is -0.447. The van der Waals surface area contributed by atoms with Gasteiger partial charge in [-0.1, -0.05) is 24.3 Å². The van der Waals surface area contributed by atoms with Crippen molar-refractivity contribution in [2.75, 3.05) is 0 Å². The molecule has 4 aliphatic carbocycles. The van der Waals surface area contributed by atoms with Crippen LogP contribution in [0.5, 0.6) is 0 Å². The van der Waals surface area contributed by atoms with Crippen LogP contribution in [0.25, 0.3) is 0 Å². The van der Waals surface area contributed by atoms with Crippen LogP contribution in [0.4, 0.5) is 0 Å². The Morgan fingerprint density at radius 3 is 2.52 bits per heavy atom. The molecule has 1 saturated heterocycles. The molecule has 1 aromatic carbocycles. The molecule has 3 nitrogen and oxygen atoms in total. The Hall–Kier alpha value is -1.19. The molecule has 1 aromatic rings. The van der Waals surface area contributed by atoms with Crippen molar-refractivity contribution in [3.8, 4) is 0 Å². The maximum atomic E-state index is 13.1. The molecule has 108 valence electrons. The Labute approximate surface area is 123 Å². The molecule has 0 radical (unpaired) electrons. The van der Waals surface area contributed by atoms with Crippen molar-refractivity contribution < 1.29 is 14.6 Å². The first-order chi connectivity index (χ1) is 10.1. The number of aliphatic hydroxyl groups is 1. The van der Waals surface area contributed by atoms with Crippen molar-refractivity contribution in [3.63, 3.8) is 0 Å². The molecule has 4 fully saturated rings. The van der Waals surface area contributed by atoms with E-state index in [0.717, 1.165) is 36.8 Å². The average molecular weight is 282 g/mol. The summed E-state index contributed by atoms with van der Waals surface area (Å²) in [7, 11) is 0. The predicted molar refractivity (Wildman–Crippen MR) is 74.8 cm³/mol. The van der Waals surface area contributed by atoms with Gasteiger partial charge in [0.05, 0.1) is 12.0 Å². The summed E-state index contributed by atoms with van der Waals surface area (Å²) in [5.74, 6) is 0.112. The number of fused-ring (bicyclic) bond motifs is 4. The van der Waals surface area contributed by atoms with E-state index in [0.29, 0.717) is 0 Å². The van der Waals surface area contributed by atoms with Crippen molar-refractivity contribution in [1.82, 2.24) is 0 Å². The van der Waals surface area contributed by atoms with Crippen molar-refractivity contribution in [2.45, 2.75) is 49.9 Å². The van der Waals surface area contributed by atoms with Crippen molar-refractivity contribution >= 4 is 5.78 Å². The van der Waals surface area contributed by atoms with E-state index in [4.69, 9.17) is 4.74 Å². The van der Waals surface area contributed by atoms with Crippen LogP contribution < -0.4 is 0 Å². The largest absolute Gasteiger partial charge is 0.379 e. The van der Waals surface area contributed by atoms with Gasteiger partial charge >= 0.3 is 0 Å². The van der Waals surface area contributed by atoms with Gasteiger partial charge in [-0.3, -0.25) is 4.79 Å². The summed E-state index contributed by atoms with van der Waals surface area (Å²) in [4.78, 5) is 13.1. The third kappa shape index (κ3) is 0.757. The number of rotatable bonds is 0. The van der Waals surface area contributed by atoms with Crippen LogP contribution in [0.15, 0.2) is 24.3 Å². The minimum absolute atomic E-state index is 0.0924. The fourth-order valence-corrected chi connectivity index (χ4v) is 6.63. The number of carbonyl (C=O) groups excluding carboxylic acids is 1. The van der Waals surface area contributed by atoms with Gasteiger partial charge in [0.15, 0.2) is 5.78 Å². The lowest BCUT2D eigenvalue weighted by atomic mass is 9.35. The molecule has 0 aromatic heterocycles. The van der Waals surface area contributed by atoms with Gasteiger partial charge < -0.3 is 9.84 Å². The van der Waals surface area contributed by atoms with E-state index in [1.807, 2.05) is 31.2 Å². The first-order valence-electron chi connectivity index (χ1n) is 8.09. The average Bonchev–Trinajstić information content (AvgIpc) is 3.36. The molecule has 3 spiro atoms.